The van der Waals surface area contributed by atoms with Crippen LogP contribution in [-0.2, 0) is 4.79 Å². The Bertz CT molecular complexity index is 587. The molecular formula is C16H18N2O3. The molecule has 2 aromatic carbocycles. The lowest BCUT2D eigenvalue weighted by Crippen LogP contribution is -2.20. The number of rotatable bonds is 6. The summed E-state index contributed by atoms with van der Waals surface area (Å²) in [5, 5.41) is 12.7. The standard InChI is InChI=1S/C16H18N2O3/c17-9-10-21-14-8-4-7-13(11-14)18-16(20)15(19)12-5-2-1-3-6-12/h1-8,11,15,19H,9-10,17H2,(H,18,20). The largest absolute Gasteiger partial charge is 0.492 e. The molecule has 0 radical (unpaired) electrons. The van der Waals surface area contributed by atoms with Crippen LogP contribution in [0, 0.1) is 0 Å². The van der Waals surface area contributed by atoms with Gasteiger partial charge in [-0.2, -0.15) is 0 Å². The second kappa shape index (κ2) is 7.42. The zero-order chi connectivity index (χ0) is 15.1. The topological polar surface area (TPSA) is 84.6 Å². The number of hydrogen-bond acceptors (Lipinski definition) is 4. The fourth-order valence-electron chi connectivity index (χ4n) is 1.84. The number of carbonyl (C=O) groups excluding carboxylic acids is 1. The van der Waals surface area contributed by atoms with Gasteiger partial charge in [-0.15, -0.1) is 0 Å². The number of anilines is 1. The van der Waals surface area contributed by atoms with Crippen LogP contribution in [0.3, 0.4) is 0 Å². The molecule has 0 bridgehead atoms. The van der Waals surface area contributed by atoms with Crippen LogP contribution in [-0.4, -0.2) is 24.2 Å². The van der Waals surface area contributed by atoms with E-state index in [9.17, 15) is 9.90 Å². The number of amides is 1. The Morgan fingerprint density at radius 3 is 2.67 bits per heavy atom. The van der Waals surface area contributed by atoms with E-state index >= 15 is 0 Å². The van der Waals surface area contributed by atoms with Gasteiger partial charge in [0.15, 0.2) is 6.10 Å². The van der Waals surface area contributed by atoms with Crippen molar-refractivity contribution in [2.45, 2.75) is 6.10 Å². The average Bonchev–Trinajstić information content (AvgIpc) is 2.53. The minimum atomic E-state index is -1.21. The molecule has 110 valence electrons. The first-order valence-corrected chi connectivity index (χ1v) is 6.67. The molecule has 4 N–H and O–H groups in total. The monoisotopic (exact) mass is 286 g/mol. The number of hydrogen-bond donors (Lipinski definition) is 3. The molecule has 2 rings (SSSR count). The summed E-state index contributed by atoms with van der Waals surface area (Å²) in [6, 6.07) is 15.7. The summed E-state index contributed by atoms with van der Waals surface area (Å²) in [6.07, 6.45) is -1.21. The molecule has 2 aromatic rings. The van der Waals surface area contributed by atoms with E-state index in [1.54, 1.807) is 48.5 Å². The fourth-order valence-corrected chi connectivity index (χ4v) is 1.84. The van der Waals surface area contributed by atoms with Gasteiger partial charge in [-0.25, -0.2) is 0 Å². The third kappa shape index (κ3) is 4.30. The normalized spacial score (nSPS) is 11.7. The van der Waals surface area contributed by atoms with Crippen molar-refractivity contribution in [3.8, 4) is 5.75 Å². The summed E-state index contributed by atoms with van der Waals surface area (Å²) in [4.78, 5) is 12.0. The number of aliphatic hydroxyl groups excluding tert-OH is 1. The SMILES string of the molecule is NCCOc1cccc(NC(=O)C(O)c2ccccc2)c1. The molecule has 0 heterocycles. The van der Waals surface area contributed by atoms with Crippen LogP contribution in [0.2, 0.25) is 0 Å². The predicted octanol–water partition coefficient (Wildman–Crippen LogP) is 1.70. The second-order valence-electron chi connectivity index (χ2n) is 4.47. The quantitative estimate of drug-likeness (QED) is 0.754. The Balaban J connectivity index is 2.02. The maximum Gasteiger partial charge on any atom is 0.257 e. The molecule has 1 unspecified atom stereocenters. The molecule has 0 aliphatic heterocycles. The number of benzene rings is 2. The van der Waals surface area contributed by atoms with Gasteiger partial charge < -0.3 is 20.9 Å². The van der Waals surface area contributed by atoms with Gasteiger partial charge in [-0.05, 0) is 17.7 Å². The maximum absolute atomic E-state index is 12.0. The number of nitrogens with two attached hydrogens (primary N) is 1. The zero-order valence-corrected chi connectivity index (χ0v) is 11.5. The minimum absolute atomic E-state index is 0.407. The van der Waals surface area contributed by atoms with Gasteiger partial charge in [0, 0.05) is 18.3 Å². The van der Waals surface area contributed by atoms with Crippen molar-refractivity contribution < 1.29 is 14.6 Å². The summed E-state index contributed by atoms with van der Waals surface area (Å²) in [5.74, 6) is 0.129. The smallest absolute Gasteiger partial charge is 0.257 e. The van der Waals surface area contributed by atoms with Crippen molar-refractivity contribution in [2.24, 2.45) is 5.73 Å². The van der Waals surface area contributed by atoms with Crippen molar-refractivity contribution in [3.05, 3.63) is 60.2 Å². The van der Waals surface area contributed by atoms with Gasteiger partial charge in [-0.3, -0.25) is 4.79 Å². The number of ether oxygens (including phenoxy) is 1. The Morgan fingerprint density at radius 1 is 1.19 bits per heavy atom. The van der Waals surface area contributed by atoms with Crippen molar-refractivity contribution in [3.63, 3.8) is 0 Å². The molecule has 5 nitrogen and oxygen atoms in total. The van der Waals surface area contributed by atoms with Gasteiger partial charge in [0.2, 0.25) is 0 Å². The van der Waals surface area contributed by atoms with Crippen LogP contribution < -0.4 is 15.8 Å². The van der Waals surface area contributed by atoms with Crippen molar-refractivity contribution in [1.82, 2.24) is 0 Å². The van der Waals surface area contributed by atoms with E-state index in [-0.39, 0.29) is 0 Å². The average molecular weight is 286 g/mol. The Hall–Kier alpha value is -2.37. The van der Waals surface area contributed by atoms with Crippen LogP contribution >= 0.6 is 0 Å². The molecule has 0 fully saturated rings. The first-order valence-electron chi connectivity index (χ1n) is 6.67. The van der Waals surface area contributed by atoms with E-state index < -0.39 is 12.0 Å². The summed E-state index contributed by atoms with van der Waals surface area (Å²) in [5.41, 5.74) is 6.48. The van der Waals surface area contributed by atoms with Gasteiger partial charge in [0.1, 0.15) is 12.4 Å². The molecule has 5 heteroatoms. The molecule has 0 aromatic heterocycles. The highest BCUT2D eigenvalue weighted by molar-refractivity contribution is 5.94. The van der Waals surface area contributed by atoms with Crippen molar-refractivity contribution in [1.29, 1.82) is 0 Å². The van der Waals surface area contributed by atoms with E-state index in [2.05, 4.69) is 5.32 Å². The van der Waals surface area contributed by atoms with E-state index in [1.807, 2.05) is 6.07 Å². The third-order valence-electron chi connectivity index (χ3n) is 2.85. The first-order chi connectivity index (χ1) is 10.2. The Labute approximate surface area is 123 Å². The van der Waals surface area contributed by atoms with Gasteiger partial charge in [0.25, 0.3) is 5.91 Å². The lowest BCUT2D eigenvalue weighted by molar-refractivity contribution is -0.124. The molecule has 1 atom stereocenters. The molecule has 1 amide bonds. The van der Waals surface area contributed by atoms with Crippen LogP contribution in [0.4, 0.5) is 5.69 Å². The van der Waals surface area contributed by atoms with Crippen LogP contribution in [0.5, 0.6) is 5.75 Å². The fraction of sp³-hybridized carbons (Fsp3) is 0.188. The van der Waals surface area contributed by atoms with E-state index in [4.69, 9.17) is 10.5 Å². The van der Waals surface area contributed by atoms with E-state index in [0.717, 1.165) is 0 Å². The highest BCUT2D eigenvalue weighted by Crippen LogP contribution is 2.19. The molecule has 0 aliphatic carbocycles. The molecule has 0 saturated heterocycles. The highest BCUT2D eigenvalue weighted by Gasteiger charge is 2.17. The maximum atomic E-state index is 12.0. The summed E-state index contributed by atoms with van der Waals surface area (Å²) in [6.45, 7) is 0.827. The van der Waals surface area contributed by atoms with Crippen molar-refractivity contribution >= 4 is 11.6 Å². The lowest BCUT2D eigenvalue weighted by Gasteiger charge is -2.12. The summed E-state index contributed by atoms with van der Waals surface area (Å²) >= 11 is 0. The molecular weight excluding hydrogens is 268 g/mol. The third-order valence-corrected chi connectivity index (χ3v) is 2.85. The predicted molar refractivity (Wildman–Crippen MR) is 81.0 cm³/mol. The lowest BCUT2D eigenvalue weighted by atomic mass is 10.1. The zero-order valence-electron chi connectivity index (χ0n) is 11.5. The number of aliphatic hydroxyl groups is 1. The molecule has 21 heavy (non-hydrogen) atoms. The van der Waals surface area contributed by atoms with Gasteiger partial charge >= 0.3 is 0 Å². The Kier molecular flexibility index (Phi) is 5.31. The van der Waals surface area contributed by atoms with E-state index in [1.165, 1.54) is 0 Å². The first kappa shape index (κ1) is 15.0. The van der Waals surface area contributed by atoms with Gasteiger partial charge in [0.05, 0.1) is 0 Å². The van der Waals surface area contributed by atoms with Crippen LogP contribution in [0.15, 0.2) is 54.6 Å². The van der Waals surface area contributed by atoms with Crippen molar-refractivity contribution in [2.75, 3.05) is 18.5 Å². The van der Waals surface area contributed by atoms with Crippen LogP contribution in [0.1, 0.15) is 11.7 Å². The van der Waals surface area contributed by atoms with Gasteiger partial charge in [-0.1, -0.05) is 36.4 Å². The Morgan fingerprint density at radius 2 is 1.95 bits per heavy atom. The summed E-state index contributed by atoms with van der Waals surface area (Å²) in [7, 11) is 0. The number of nitrogens with one attached hydrogen (secondary N) is 1. The van der Waals surface area contributed by atoms with Crippen LogP contribution in [0.25, 0.3) is 0 Å². The minimum Gasteiger partial charge on any atom is -0.492 e. The van der Waals surface area contributed by atoms with E-state index in [0.29, 0.717) is 30.2 Å². The number of carbonyl (C=O) groups is 1. The second-order valence-corrected chi connectivity index (χ2v) is 4.47. The highest BCUT2D eigenvalue weighted by atomic mass is 16.5. The summed E-state index contributed by atoms with van der Waals surface area (Å²) < 4.78 is 5.38. The molecule has 0 spiro atoms. The molecule has 0 aliphatic rings. The molecule has 0 saturated carbocycles.